The minimum atomic E-state index is -3.20. The van der Waals surface area contributed by atoms with Crippen molar-refractivity contribution < 1.29 is 31.6 Å². The Kier molecular flexibility index (Phi) is 6.29. The fourth-order valence-corrected chi connectivity index (χ4v) is 5.71. The molecule has 32 heavy (non-hydrogen) atoms. The first-order valence-electron chi connectivity index (χ1n) is 9.74. The van der Waals surface area contributed by atoms with Crippen molar-refractivity contribution in [3.8, 4) is 22.8 Å². The van der Waals surface area contributed by atoms with Gasteiger partial charge in [0, 0.05) is 17.7 Å². The van der Waals surface area contributed by atoms with Gasteiger partial charge in [-0.15, -0.1) is 0 Å². The van der Waals surface area contributed by atoms with Gasteiger partial charge in [0.05, 0.1) is 32.3 Å². The molecule has 11 heteroatoms. The van der Waals surface area contributed by atoms with E-state index in [2.05, 4.69) is 21.1 Å². The number of benzene rings is 1. The maximum absolute atomic E-state index is 13.3. The molecule has 0 bridgehead atoms. The second-order valence-electron chi connectivity index (χ2n) is 7.34. The summed E-state index contributed by atoms with van der Waals surface area (Å²) in [6.07, 6.45) is 0.357. The number of methoxy groups -OCH3 is 2. The molecule has 9 nitrogen and oxygen atoms in total. The number of halogens is 1. The third kappa shape index (κ3) is 4.68. The van der Waals surface area contributed by atoms with Gasteiger partial charge in [0.15, 0.2) is 37.5 Å². The molecule has 1 amide bonds. The van der Waals surface area contributed by atoms with Gasteiger partial charge < -0.3 is 23.3 Å². The highest BCUT2D eigenvalue weighted by Gasteiger charge is 2.36. The maximum atomic E-state index is 13.3. The van der Waals surface area contributed by atoms with Crippen LogP contribution in [0.25, 0.3) is 11.3 Å². The van der Waals surface area contributed by atoms with Crippen LogP contribution in [0.5, 0.6) is 11.5 Å². The van der Waals surface area contributed by atoms with E-state index in [1.54, 1.807) is 30.3 Å². The van der Waals surface area contributed by atoms with Gasteiger partial charge in [-0.05, 0) is 52.7 Å². The van der Waals surface area contributed by atoms with Crippen LogP contribution < -0.4 is 9.47 Å². The molecule has 3 heterocycles. The molecule has 0 aliphatic carbocycles. The standard InChI is InChI=1S/C21H21BrN2O7S/c1-28-17-5-3-13(9-19(17)29-2)18-10-16(23-31-18)21(25)24(11-15-4-6-20(22)30-15)14-7-8-32(26,27)12-14/h3-6,9-10,14H,7-8,11-12H2,1-2H3. The number of hydrogen-bond donors (Lipinski definition) is 0. The number of sulfone groups is 1. The van der Waals surface area contributed by atoms with E-state index in [1.165, 1.54) is 25.2 Å². The minimum absolute atomic E-state index is 0.0407. The van der Waals surface area contributed by atoms with Crippen LogP contribution in [0.4, 0.5) is 0 Å². The van der Waals surface area contributed by atoms with E-state index >= 15 is 0 Å². The first kappa shape index (κ1) is 22.4. The SMILES string of the molecule is COc1ccc(-c2cc(C(=O)N(Cc3ccc(Br)o3)C3CCS(=O)(=O)C3)no2)cc1OC. The summed E-state index contributed by atoms with van der Waals surface area (Å²) in [5, 5.41) is 3.94. The summed E-state index contributed by atoms with van der Waals surface area (Å²) < 4.78 is 46.1. The largest absolute Gasteiger partial charge is 0.493 e. The summed E-state index contributed by atoms with van der Waals surface area (Å²) in [5.74, 6) is 1.48. The van der Waals surface area contributed by atoms with Crippen molar-refractivity contribution in [2.45, 2.75) is 19.0 Å². The van der Waals surface area contributed by atoms with Crippen molar-refractivity contribution in [2.24, 2.45) is 0 Å². The van der Waals surface area contributed by atoms with Crippen LogP contribution in [0, 0.1) is 0 Å². The van der Waals surface area contributed by atoms with Crippen LogP contribution >= 0.6 is 15.9 Å². The Morgan fingerprint density at radius 2 is 1.97 bits per heavy atom. The third-order valence-corrected chi connectivity index (χ3v) is 7.44. The van der Waals surface area contributed by atoms with Gasteiger partial charge in [0.1, 0.15) is 5.76 Å². The lowest BCUT2D eigenvalue weighted by atomic mass is 10.1. The molecule has 1 fully saturated rings. The summed E-state index contributed by atoms with van der Waals surface area (Å²) in [4.78, 5) is 14.8. The van der Waals surface area contributed by atoms with Crippen molar-refractivity contribution in [3.05, 3.63) is 52.5 Å². The summed E-state index contributed by atoms with van der Waals surface area (Å²) in [6.45, 7) is 0.114. The molecule has 1 unspecified atom stereocenters. The number of aromatic nitrogens is 1. The molecule has 4 rings (SSSR count). The van der Waals surface area contributed by atoms with E-state index in [0.717, 1.165) is 0 Å². The molecule has 1 aromatic carbocycles. The zero-order valence-corrected chi connectivity index (χ0v) is 19.8. The topological polar surface area (TPSA) is 112 Å². The lowest BCUT2D eigenvalue weighted by Crippen LogP contribution is -2.40. The molecule has 0 spiro atoms. The van der Waals surface area contributed by atoms with Gasteiger partial charge in [-0.2, -0.15) is 0 Å². The van der Waals surface area contributed by atoms with Gasteiger partial charge in [-0.3, -0.25) is 4.79 Å². The Morgan fingerprint density at radius 3 is 2.59 bits per heavy atom. The molecule has 1 aliphatic rings. The molecule has 0 N–H and O–H groups in total. The van der Waals surface area contributed by atoms with Crippen LogP contribution in [0.2, 0.25) is 0 Å². The van der Waals surface area contributed by atoms with E-state index in [0.29, 0.717) is 39.7 Å². The number of amides is 1. The Labute approximate surface area is 193 Å². The van der Waals surface area contributed by atoms with E-state index < -0.39 is 21.8 Å². The number of hydrogen-bond acceptors (Lipinski definition) is 8. The van der Waals surface area contributed by atoms with Crippen LogP contribution in [0.3, 0.4) is 0 Å². The smallest absolute Gasteiger partial charge is 0.276 e. The molecule has 3 aromatic rings. The highest BCUT2D eigenvalue weighted by molar-refractivity contribution is 9.10. The Bertz CT molecular complexity index is 1230. The van der Waals surface area contributed by atoms with E-state index in [-0.39, 0.29) is 23.7 Å². The Morgan fingerprint density at radius 1 is 1.19 bits per heavy atom. The predicted octanol–water partition coefficient (Wildman–Crippen LogP) is 3.54. The zero-order valence-electron chi connectivity index (χ0n) is 17.4. The molecule has 2 aromatic heterocycles. The molecule has 1 atom stereocenters. The van der Waals surface area contributed by atoms with Gasteiger partial charge >= 0.3 is 0 Å². The maximum Gasteiger partial charge on any atom is 0.276 e. The lowest BCUT2D eigenvalue weighted by Gasteiger charge is -2.26. The molecular formula is C21H21BrN2O7S. The van der Waals surface area contributed by atoms with Gasteiger partial charge in [0.2, 0.25) is 0 Å². The average Bonchev–Trinajstić information content (AvgIpc) is 3.51. The van der Waals surface area contributed by atoms with Gasteiger partial charge in [-0.25, -0.2) is 8.42 Å². The highest BCUT2D eigenvalue weighted by Crippen LogP contribution is 2.33. The third-order valence-electron chi connectivity index (χ3n) is 5.26. The van der Waals surface area contributed by atoms with Crippen molar-refractivity contribution in [3.63, 3.8) is 0 Å². The second kappa shape index (κ2) is 8.99. The zero-order chi connectivity index (χ0) is 22.9. The highest BCUT2D eigenvalue weighted by atomic mass is 79.9. The summed E-state index contributed by atoms with van der Waals surface area (Å²) in [6, 6.07) is 9.70. The van der Waals surface area contributed by atoms with Crippen molar-refractivity contribution in [1.82, 2.24) is 10.1 Å². The summed E-state index contributed by atoms with van der Waals surface area (Å²) >= 11 is 3.24. The molecular weight excluding hydrogens is 504 g/mol. The minimum Gasteiger partial charge on any atom is -0.493 e. The van der Waals surface area contributed by atoms with E-state index in [1.807, 2.05) is 0 Å². The Balaban J connectivity index is 1.62. The normalized spacial score (nSPS) is 17.3. The fourth-order valence-electron chi connectivity index (χ4n) is 3.64. The molecule has 1 saturated heterocycles. The first-order valence-corrected chi connectivity index (χ1v) is 12.4. The predicted molar refractivity (Wildman–Crippen MR) is 118 cm³/mol. The molecule has 0 saturated carbocycles. The number of carbonyl (C=O) groups excluding carboxylic acids is 1. The number of rotatable bonds is 7. The van der Waals surface area contributed by atoms with Crippen LogP contribution in [0.1, 0.15) is 22.7 Å². The van der Waals surface area contributed by atoms with E-state index in [4.69, 9.17) is 18.4 Å². The van der Waals surface area contributed by atoms with Gasteiger partial charge in [0.25, 0.3) is 5.91 Å². The van der Waals surface area contributed by atoms with Crippen LogP contribution in [-0.4, -0.2) is 56.1 Å². The van der Waals surface area contributed by atoms with Crippen molar-refractivity contribution in [2.75, 3.05) is 25.7 Å². The number of nitrogens with zero attached hydrogens (tertiary/aromatic N) is 2. The molecule has 1 aliphatic heterocycles. The van der Waals surface area contributed by atoms with Crippen molar-refractivity contribution >= 4 is 31.7 Å². The quantitative estimate of drug-likeness (QED) is 0.461. The van der Waals surface area contributed by atoms with E-state index in [9.17, 15) is 13.2 Å². The summed E-state index contributed by atoms with van der Waals surface area (Å²) in [7, 11) is -0.134. The fraction of sp³-hybridized carbons (Fsp3) is 0.333. The van der Waals surface area contributed by atoms with Crippen LogP contribution in [0.15, 0.2) is 50.0 Å². The van der Waals surface area contributed by atoms with Crippen molar-refractivity contribution in [1.29, 1.82) is 0 Å². The van der Waals surface area contributed by atoms with Crippen LogP contribution in [-0.2, 0) is 16.4 Å². The molecule has 170 valence electrons. The second-order valence-corrected chi connectivity index (χ2v) is 10.4. The first-order chi connectivity index (χ1) is 15.3. The lowest BCUT2D eigenvalue weighted by molar-refractivity contribution is 0.0655. The molecule has 0 radical (unpaired) electrons. The number of carbonyl (C=O) groups is 1. The average molecular weight is 525 g/mol. The Hall–Kier alpha value is -2.79. The number of furan rings is 1. The summed E-state index contributed by atoms with van der Waals surface area (Å²) in [5.41, 5.74) is 0.726. The van der Waals surface area contributed by atoms with Gasteiger partial charge in [-0.1, -0.05) is 5.16 Å². The number of ether oxygens (including phenoxy) is 2. The monoisotopic (exact) mass is 524 g/mol.